The Kier molecular flexibility index (Phi) is 5.85. The number of nitrogens with zero attached hydrogens (tertiary/aromatic N) is 2. The third kappa shape index (κ3) is 4.54. The number of para-hydroxylation sites is 1. The molecular formula is C19H27N3OS. The molecule has 0 bridgehead atoms. The molecule has 1 atom stereocenters. The van der Waals surface area contributed by atoms with Gasteiger partial charge in [-0.15, -0.1) is 11.3 Å². The molecule has 0 saturated carbocycles. The lowest BCUT2D eigenvalue weighted by Gasteiger charge is -2.31. The predicted octanol–water partition coefficient (Wildman–Crippen LogP) is 3.64. The van der Waals surface area contributed by atoms with Crippen LogP contribution in [0.3, 0.4) is 0 Å². The smallest absolute Gasteiger partial charge is 0.234 e. The lowest BCUT2D eigenvalue weighted by molar-refractivity contribution is -0.122. The first-order chi connectivity index (χ1) is 11.6. The molecule has 1 aromatic carbocycles. The highest BCUT2D eigenvalue weighted by atomic mass is 32.1. The van der Waals surface area contributed by atoms with Crippen molar-refractivity contribution in [2.24, 2.45) is 5.92 Å². The molecule has 1 aliphatic heterocycles. The molecular weight excluding hydrogens is 318 g/mol. The highest BCUT2D eigenvalue weighted by molar-refractivity contribution is 7.18. The second kappa shape index (κ2) is 8.08. The number of carbonyl (C=O) groups excluding carboxylic acids is 1. The highest BCUT2D eigenvalue weighted by Crippen LogP contribution is 2.32. The summed E-state index contributed by atoms with van der Waals surface area (Å²) in [5, 5.41) is 4.27. The standard InChI is InChI=1S/C19H27N3OS/c1-14(2)9-10-20-18(23)13-22-11-5-6-15(12-22)19-21-16-7-3-4-8-17(16)24-19/h3-4,7-8,14-15H,5-6,9-13H2,1-2H3,(H,20,23)/t15-/m1/s1. The summed E-state index contributed by atoms with van der Waals surface area (Å²) in [5.41, 5.74) is 1.10. The molecule has 3 rings (SSSR count). The number of aromatic nitrogens is 1. The Balaban J connectivity index is 1.55. The summed E-state index contributed by atoms with van der Waals surface area (Å²) in [6, 6.07) is 8.33. The maximum atomic E-state index is 12.1. The van der Waals surface area contributed by atoms with Gasteiger partial charge in [-0.25, -0.2) is 4.98 Å². The summed E-state index contributed by atoms with van der Waals surface area (Å²) < 4.78 is 1.26. The molecule has 0 aliphatic carbocycles. The SMILES string of the molecule is CC(C)CCNC(=O)CN1CCC[C@@H](c2nc3ccccc3s2)C1. The topological polar surface area (TPSA) is 45.2 Å². The molecule has 2 aromatic rings. The van der Waals surface area contributed by atoms with Gasteiger partial charge in [0, 0.05) is 19.0 Å². The van der Waals surface area contributed by atoms with Crippen LogP contribution in [0, 0.1) is 5.92 Å². The van der Waals surface area contributed by atoms with E-state index in [9.17, 15) is 4.79 Å². The second-order valence-electron chi connectivity index (χ2n) is 7.13. The zero-order valence-electron chi connectivity index (χ0n) is 14.6. The monoisotopic (exact) mass is 345 g/mol. The number of rotatable bonds is 6. The van der Waals surface area contributed by atoms with Crippen LogP contribution in [0.5, 0.6) is 0 Å². The van der Waals surface area contributed by atoms with E-state index in [-0.39, 0.29) is 5.91 Å². The summed E-state index contributed by atoms with van der Waals surface area (Å²) in [4.78, 5) is 19.2. The first-order valence-electron chi connectivity index (χ1n) is 8.96. The van der Waals surface area contributed by atoms with E-state index in [2.05, 4.69) is 42.3 Å². The number of thiazole rings is 1. The fourth-order valence-electron chi connectivity index (χ4n) is 3.22. The molecule has 1 aromatic heterocycles. The summed E-state index contributed by atoms with van der Waals surface area (Å²) in [5.74, 6) is 1.24. The quantitative estimate of drug-likeness (QED) is 0.869. The van der Waals surface area contributed by atoms with Gasteiger partial charge in [-0.05, 0) is 43.9 Å². The van der Waals surface area contributed by atoms with Gasteiger partial charge < -0.3 is 5.32 Å². The Bertz CT molecular complexity index is 649. The van der Waals surface area contributed by atoms with Crippen LogP contribution in [0.25, 0.3) is 10.2 Å². The molecule has 4 nitrogen and oxygen atoms in total. The molecule has 0 unspecified atom stereocenters. The minimum absolute atomic E-state index is 0.153. The number of hydrogen-bond donors (Lipinski definition) is 1. The molecule has 24 heavy (non-hydrogen) atoms. The van der Waals surface area contributed by atoms with Gasteiger partial charge in [-0.2, -0.15) is 0 Å². The Morgan fingerprint density at radius 3 is 3.04 bits per heavy atom. The molecule has 0 spiro atoms. The molecule has 1 saturated heterocycles. The van der Waals surface area contributed by atoms with Crippen molar-refractivity contribution >= 4 is 27.5 Å². The van der Waals surface area contributed by atoms with Crippen molar-refractivity contribution in [2.75, 3.05) is 26.2 Å². The van der Waals surface area contributed by atoms with Crippen molar-refractivity contribution in [1.82, 2.24) is 15.2 Å². The number of nitrogens with one attached hydrogen (secondary N) is 1. The second-order valence-corrected chi connectivity index (χ2v) is 8.19. The molecule has 5 heteroatoms. The number of carbonyl (C=O) groups is 1. The minimum atomic E-state index is 0.153. The lowest BCUT2D eigenvalue weighted by atomic mass is 9.99. The van der Waals surface area contributed by atoms with Crippen LogP contribution in [-0.4, -0.2) is 42.0 Å². The van der Waals surface area contributed by atoms with Crippen molar-refractivity contribution in [3.63, 3.8) is 0 Å². The van der Waals surface area contributed by atoms with E-state index in [0.717, 1.165) is 38.0 Å². The number of hydrogen-bond acceptors (Lipinski definition) is 4. The van der Waals surface area contributed by atoms with Crippen LogP contribution in [0.2, 0.25) is 0 Å². The van der Waals surface area contributed by atoms with E-state index < -0.39 is 0 Å². The molecule has 1 aliphatic rings. The molecule has 0 radical (unpaired) electrons. The van der Waals surface area contributed by atoms with E-state index >= 15 is 0 Å². The minimum Gasteiger partial charge on any atom is -0.355 e. The van der Waals surface area contributed by atoms with Gasteiger partial charge in [0.25, 0.3) is 0 Å². The van der Waals surface area contributed by atoms with Crippen LogP contribution in [0.4, 0.5) is 0 Å². The third-order valence-electron chi connectivity index (χ3n) is 4.58. The summed E-state index contributed by atoms with van der Waals surface area (Å²) >= 11 is 1.80. The van der Waals surface area contributed by atoms with Gasteiger partial charge in [0.2, 0.25) is 5.91 Å². The fraction of sp³-hybridized carbons (Fsp3) is 0.579. The number of fused-ring (bicyclic) bond motifs is 1. The van der Waals surface area contributed by atoms with Crippen molar-refractivity contribution in [2.45, 2.75) is 39.0 Å². The molecule has 1 fully saturated rings. The Hall–Kier alpha value is -1.46. The maximum absolute atomic E-state index is 12.1. The Morgan fingerprint density at radius 1 is 1.42 bits per heavy atom. The average molecular weight is 346 g/mol. The molecule has 1 N–H and O–H groups in total. The molecule has 2 heterocycles. The van der Waals surface area contributed by atoms with E-state index in [0.29, 0.717) is 18.4 Å². The van der Waals surface area contributed by atoms with Gasteiger partial charge in [-0.1, -0.05) is 26.0 Å². The van der Waals surface area contributed by atoms with Crippen molar-refractivity contribution in [3.05, 3.63) is 29.3 Å². The van der Waals surface area contributed by atoms with Crippen LogP contribution in [0.15, 0.2) is 24.3 Å². The summed E-state index contributed by atoms with van der Waals surface area (Å²) in [7, 11) is 0. The van der Waals surface area contributed by atoms with E-state index in [4.69, 9.17) is 4.98 Å². The number of likely N-dealkylation sites (tertiary alicyclic amines) is 1. The number of amides is 1. The van der Waals surface area contributed by atoms with Crippen molar-refractivity contribution in [3.8, 4) is 0 Å². The fourth-order valence-corrected chi connectivity index (χ4v) is 4.32. The summed E-state index contributed by atoms with van der Waals surface area (Å²) in [6.07, 6.45) is 3.35. The van der Waals surface area contributed by atoms with Gasteiger partial charge in [-0.3, -0.25) is 9.69 Å². The van der Waals surface area contributed by atoms with Crippen LogP contribution in [-0.2, 0) is 4.79 Å². The number of piperidine rings is 1. The van der Waals surface area contributed by atoms with Gasteiger partial charge in [0.1, 0.15) is 0 Å². The largest absolute Gasteiger partial charge is 0.355 e. The normalized spacial score (nSPS) is 19.0. The van der Waals surface area contributed by atoms with Crippen molar-refractivity contribution in [1.29, 1.82) is 0 Å². The van der Waals surface area contributed by atoms with E-state index in [1.54, 1.807) is 11.3 Å². The zero-order valence-corrected chi connectivity index (χ0v) is 15.4. The summed E-state index contributed by atoms with van der Waals surface area (Å²) in [6.45, 7) is 7.61. The van der Waals surface area contributed by atoms with Gasteiger partial charge in [0.15, 0.2) is 0 Å². The average Bonchev–Trinajstić information content (AvgIpc) is 2.99. The van der Waals surface area contributed by atoms with Crippen LogP contribution in [0.1, 0.15) is 44.0 Å². The van der Waals surface area contributed by atoms with Gasteiger partial charge >= 0.3 is 0 Å². The zero-order chi connectivity index (χ0) is 16.9. The first-order valence-corrected chi connectivity index (χ1v) is 9.78. The van der Waals surface area contributed by atoms with Crippen LogP contribution >= 0.6 is 11.3 Å². The molecule has 1 amide bonds. The van der Waals surface area contributed by atoms with E-state index in [1.807, 2.05) is 6.07 Å². The highest BCUT2D eigenvalue weighted by Gasteiger charge is 2.25. The third-order valence-corrected chi connectivity index (χ3v) is 5.78. The Morgan fingerprint density at radius 2 is 2.25 bits per heavy atom. The van der Waals surface area contributed by atoms with Crippen LogP contribution < -0.4 is 5.32 Å². The van der Waals surface area contributed by atoms with Crippen molar-refractivity contribution < 1.29 is 4.79 Å². The first kappa shape index (κ1) is 17.4. The Labute approximate surface area is 148 Å². The predicted molar refractivity (Wildman–Crippen MR) is 100 cm³/mol. The lowest BCUT2D eigenvalue weighted by Crippen LogP contribution is -2.42. The molecule has 130 valence electrons. The van der Waals surface area contributed by atoms with E-state index in [1.165, 1.54) is 16.1 Å². The maximum Gasteiger partial charge on any atom is 0.234 e. The number of benzene rings is 1. The van der Waals surface area contributed by atoms with Gasteiger partial charge in [0.05, 0.1) is 21.8 Å².